The summed E-state index contributed by atoms with van der Waals surface area (Å²) in [5.74, 6) is 1.08. The van der Waals surface area contributed by atoms with Crippen molar-refractivity contribution in [1.82, 2.24) is 19.9 Å². The fourth-order valence-corrected chi connectivity index (χ4v) is 2.25. The first-order valence-corrected chi connectivity index (χ1v) is 7.26. The van der Waals surface area contributed by atoms with Crippen LogP contribution in [0, 0.1) is 0 Å². The van der Waals surface area contributed by atoms with E-state index in [1.165, 1.54) is 0 Å². The molecule has 0 aliphatic carbocycles. The Labute approximate surface area is 120 Å². The molecule has 19 heavy (non-hydrogen) atoms. The van der Waals surface area contributed by atoms with E-state index in [1.54, 1.807) is 16.8 Å². The quantitative estimate of drug-likeness (QED) is 0.883. The molecule has 0 bridgehead atoms. The third-order valence-electron chi connectivity index (χ3n) is 2.55. The van der Waals surface area contributed by atoms with Crippen LogP contribution in [0.4, 0.5) is 11.9 Å². The monoisotopic (exact) mass is 298 g/mol. The van der Waals surface area contributed by atoms with Crippen LogP contribution < -0.4 is 10.2 Å². The molecule has 0 aliphatic rings. The molecule has 102 valence electrons. The topological polar surface area (TPSA) is 66.8 Å². The highest BCUT2D eigenvalue weighted by atomic mass is 35.5. The van der Waals surface area contributed by atoms with Gasteiger partial charge in [-0.15, -0.1) is 11.3 Å². The zero-order chi connectivity index (χ0) is 13.7. The molecular weight excluding hydrogens is 284 g/mol. The normalized spacial score (nSPS) is 10.5. The summed E-state index contributed by atoms with van der Waals surface area (Å²) in [7, 11) is 0. The molecule has 0 radical (unpaired) electrons. The molecule has 1 N–H and O–H groups in total. The van der Waals surface area contributed by atoms with Crippen LogP contribution >= 0.6 is 22.9 Å². The van der Waals surface area contributed by atoms with Crippen LogP contribution in [0.15, 0.2) is 11.7 Å². The summed E-state index contributed by atoms with van der Waals surface area (Å²) in [6, 6.07) is 0. The van der Waals surface area contributed by atoms with Gasteiger partial charge in [0.25, 0.3) is 0 Å². The van der Waals surface area contributed by atoms with Gasteiger partial charge in [-0.25, -0.2) is 0 Å². The Morgan fingerprint density at radius 1 is 1.26 bits per heavy atom. The van der Waals surface area contributed by atoms with Crippen molar-refractivity contribution in [2.24, 2.45) is 0 Å². The molecule has 2 heterocycles. The van der Waals surface area contributed by atoms with Crippen LogP contribution in [0.25, 0.3) is 0 Å². The third-order valence-corrected chi connectivity index (χ3v) is 3.50. The lowest BCUT2D eigenvalue weighted by atomic mass is 10.5. The first kappa shape index (κ1) is 14.0. The van der Waals surface area contributed by atoms with Gasteiger partial charge >= 0.3 is 0 Å². The summed E-state index contributed by atoms with van der Waals surface area (Å²) >= 11 is 7.51. The van der Waals surface area contributed by atoms with Crippen molar-refractivity contribution in [3.8, 4) is 0 Å². The number of hydrogen-bond donors (Lipinski definition) is 1. The molecule has 0 aromatic carbocycles. The van der Waals surface area contributed by atoms with E-state index >= 15 is 0 Å². The highest BCUT2D eigenvalue weighted by Crippen LogP contribution is 2.15. The average molecular weight is 299 g/mol. The lowest BCUT2D eigenvalue weighted by Gasteiger charge is -2.18. The predicted octanol–water partition coefficient (Wildman–Crippen LogP) is 2.44. The minimum Gasteiger partial charge on any atom is -0.349 e. The summed E-state index contributed by atoms with van der Waals surface area (Å²) < 4.78 is 0. The Bertz CT molecular complexity index is 514. The van der Waals surface area contributed by atoms with E-state index in [1.807, 2.05) is 24.9 Å². The van der Waals surface area contributed by atoms with Crippen LogP contribution in [0.2, 0.25) is 5.28 Å². The fourth-order valence-electron chi connectivity index (χ4n) is 1.56. The summed E-state index contributed by atoms with van der Waals surface area (Å²) in [5.41, 5.74) is 1.79. The van der Waals surface area contributed by atoms with Crippen LogP contribution in [0.5, 0.6) is 0 Å². The fraction of sp³-hybridized carbons (Fsp3) is 0.455. The van der Waals surface area contributed by atoms with Crippen molar-refractivity contribution in [3.05, 3.63) is 21.9 Å². The minimum atomic E-state index is 0.198. The van der Waals surface area contributed by atoms with E-state index < -0.39 is 0 Å². The average Bonchev–Trinajstić information content (AvgIpc) is 2.90. The molecule has 0 fully saturated rings. The zero-order valence-electron chi connectivity index (χ0n) is 10.8. The second-order valence-corrected chi connectivity index (χ2v) is 5.03. The maximum atomic E-state index is 5.93. The van der Waals surface area contributed by atoms with Gasteiger partial charge in [-0.05, 0) is 25.4 Å². The van der Waals surface area contributed by atoms with Gasteiger partial charge in [-0.2, -0.15) is 15.0 Å². The molecule has 0 unspecified atom stereocenters. The zero-order valence-corrected chi connectivity index (χ0v) is 12.4. The molecular formula is C11H15ClN6S. The van der Waals surface area contributed by atoms with E-state index in [0.717, 1.165) is 18.0 Å². The van der Waals surface area contributed by atoms with Gasteiger partial charge in [0.1, 0.15) is 0 Å². The largest absolute Gasteiger partial charge is 0.349 e. The van der Waals surface area contributed by atoms with Crippen molar-refractivity contribution in [2.45, 2.75) is 20.4 Å². The Hall–Kier alpha value is -1.47. The summed E-state index contributed by atoms with van der Waals surface area (Å²) in [4.78, 5) is 19.7. The van der Waals surface area contributed by atoms with Crippen molar-refractivity contribution in [3.63, 3.8) is 0 Å². The molecule has 0 aliphatic heterocycles. The van der Waals surface area contributed by atoms with Crippen LogP contribution in [0.1, 0.15) is 18.7 Å². The van der Waals surface area contributed by atoms with E-state index in [-0.39, 0.29) is 5.28 Å². The van der Waals surface area contributed by atoms with Gasteiger partial charge in [-0.1, -0.05) is 0 Å². The first-order valence-electron chi connectivity index (χ1n) is 6.00. The van der Waals surface area contributed by atoms with Gasteiger partial charge in [0.2, 0.25) is 17.2 Å². The first-order chi connectivity index (χ1) is 9.22. The SMILES string of the molecule is CCN(CC)c1nc(Cl)nc(NCc2cncs2)n1. The Morgan fingerprint density at radius 3 is 2.68 bits per heavy atom. The number of rotatable bonds is 6. The van der Waals surface area contributed by atoms with Crippen LogP contribution in [-0.4, -0.2) is 33.0 Å². The molecule has 8 heteroatoms. The molecule has 0 atom stereocenters. The number of hydrogen-bond acceptors (Lipinski definition) is 7. The third kappa shape index (κ3) is 3.74. The molecule has 2 aromatic rings. The Morgan fingerprint density at radius 2 is 2.05 bits per heavy atom. The Kier molecular flexibility index (Phi) is 4.86. The number of halogens is 1. The number of nitrogens with zero attached hydrogens (tertiary/aromatic N) is 5. The minimum absolute atomic E-state index is 0.198. The number of thiazole rings is 1. The highest BCUT2D eigenvalue weighted by Gasteiger charge is 2.10. The Balaban J connectivity index is 2.12. The maximum Gasteiger partial charge on any atom is 0.231 e. The molecule has 0 spiro atoms. The van der Waals surface area contributed by atoms with E-state index in [4.69, 9.17) is 11.6 Å². The second kappa shape index (κ2) is 6.63. The van der Waals surface area contributed by atoms with Crippen molar-refractivity contribution >= 4 is 34.8 Å². The lowest BCUT2D eigenvalue weighted by molar-refractivity contribution is 0.811. The van der Waals surface area contributed by atoms with Crippen LogP contribution in [-0.2, 0) is 6.54 Å². The van der Waals surface area contributed by atoms with Gasteiger partial charge < -0.3 is 10.2 Å². The maximum absolute atomic E-state index is 5.93. The summed E-state index contributed by atoms with van der Waals surface area (Å²) in [6.45, 7) is 6.37. The molecule has 0 amide bonds. The van der Waals surface area contributed by atoms with Gasteiger partial charge in [0.05, 0.1) is 12.1 Å². The molecule has 2 aromatic heterocycles. The second-order valence-electron chi connectivity index (χ2n) is 3.72. The van der Waals surface area contributed by atoms with Crippen molar-refractivity contribution < 1.29 is 0 Å². The lowest BCUT2D eigenvalue weighted by Crippen LogP contribution is -2.25. The number of aromatic nitrogens is 4. The van der Waals surface area contributed by atoms with E-state index in [0.29, 0.717) is 18.4 Å². The number of anilines is 2. The van der Waals surface area contributed by atoms with Crippen LogP contribution in [0.3, 0.4) is 0 Å². The van der Waals surface area contributed by atoms with Crippen molar-refractivity contribution in [2.75, 3.05) is 23.3 Å². The standard InChI is InChI=1S/C11H15ClN6S/c1-3-18(4-2)11-16-9(12)15-10(17-11)14-6-8-5-13-7-19-8/h5,7H,3-4,6H2,1-2H3,(H,14,15,16,17). The highest BCUT2D eigenvalue weighted by molar-refractivity contribution is 7.09. The molecule has 2 rings (SSSR count). The molecule has 6 nitrogen and oxygen atoms in total. The number of nitrogens with one attached hydrogen (secondary N) is 1. The predicted molar refractivity (Wildman–Crippen MR) is 77.8 cm³/mol. The van der Waals surface area contributed by atoms with Gasteiger partial charge in [0, 0.05) is 24.2 Å². The summed E-state index contributed by atoms with van der Waals surface area (Å²) in [6.07, 6.45) is 1.81. The van der Waals surface area contributed by atoms with E-state index in [2.05, 4.69) is 25.3 Å². The molecule has 0 saturated carbocycles. The summed E-state index contributed by atoms with van der Waals surface area (Å²) in [5, 5.41) is 3.33. The van der Waals surface area contributed by atoms with E-state index in [9.17, 15) is 0 Å². The van der Waals surface area contributed by atoms with Gasteiger partial charge in [-0.3, -0.25) is 4.98 Å². The molecule has 0 saturated heterocycles. The van der Waals surface area contributed by atoms with Gasteiger partial charge in [0.15, 0.2) is 0 Å². The smallest absolute Gasteiger partial charge is 0.231 e. The van der Waals surface area contributed by atoms with Crippen molar-refractivity contribution in [1.29, 1.82) is 0 Å².